The minimum absolute atomic E-state index is 0.0462. The molecule has 0 aromatic carbocycles. The summed E-state index contributed by atoms with van der Waals surface area (Å²) < 4.78 is 0. The molecule has 7 heteroatoms. The third-order valence-corrected chi connectivity index (χ3v) is 2.56. The average molecular weight is 262 g/mol. The summed E-state index contributed by atoms with van der Waals surface area (Å²) in [5.74, 6) is -0.444. The standard InChI is InChI=1S/C10H18N2O4S/c1-17-7-3-6-11-10(16)12-8(13)4-2-5-9(14)15/h2-7H2,1H3,(H,14,15)(H2,11,12,13,16). The molecule has 0 aliphatic rings. The fourth-order valence-corrected chi connectivity index (χ4v) is 1.48. The van der Waals surface area contributed by atoms with E-state index in [1.54, 1.807) is 11.8 Å². The summed E-state index contributed by atoms with van der Waals surface area (Å²) >= 11 is 1.69. The largest absolute Gasteiger partial charge is 0.481 e. The van der Waals surface area contributed by atoms with Gasteiger partial charge in [0.15, 0.2) is 0 Å². The Bertz CT molecular complexity index is 271. The molecule has 0 aromatic heterocycles. The molecule has 3 N–H and O–H groups in total. The van der Waals surface area contributed by atoms with Gasteiger partial charge in [0.05, 0.1) is 0 Å². The van der Waals surface area contributed by atoms with Gasteiger partial charge in [-0.05, 0) is 24.9 Å². The number of amides is 3. The first kappa shape index (κ1) is 15.8. The fourth-order valence-electron chi connectivity index (χ4n) is 1.05. The number of aliphatic carboxylic acids is 1. The summed E-state index contributed by atoms with van der Waals surface area (Å²) in [5.41, 5.74) is 0. The molecule has 0 aromatic rings. The average Bonchev–Trinajstić information content (AvgIpc) is 2.23. The molecule has 3 amide bonds. The number of hydrogen-bond donors (Lipinski definition) is 3. The first-order chi connectivity index (χ1) is 8.06. The quantitative estimate of drug-likeness (QED) is 0.563. The van der Waals surface area contributed by atoms with Gasteiger partial charge < -0.3 is 10.4 Å². The van der Waals surface area contributed by atoms with Gasteiger partial charge in [-0.2, -0.15) is 11.8 Å². The maximum absolute atomic E-state index is 11.2. The summed E-state index contributed by atoms with van der Waals surface area (Å²) in [6.45, 7) is 0.523. The highest BCUT2D eigenvalue weighted by Gasteiger charge is 2.07. The first-order valence-electron chi connectivity index (χ1n) is 5.34. The predicted molar refractivity (Wildman–Crippen MR) is 66.0 cm³/mol. The normalized spacial score (nSPS) is 9.71. The van der Waals surface area contributed by atoms with Gasteiger partial charge in [-0.3, -0.25) is 14.9 Å². The van der Waals surface area contributed by atoms with Crippen molar-refractivity contribution in [3.8, 4) is 0 Å². The van der Waals surface area contributed by atoms with E-state index in [1.807, 2.05) is 6.26 Å². The van der Waals surface area contributed by atoms with Crippen LogP contribution in [0, 0.1) is 0 Å². The smallest absolute Gasteiger partial charge is 0.321 e. The van der Waals surface area contributed by atoms with Crippen molar-refractivity contribution >= 4 is 29.7 Å². The molecule has 0 spiro atoms. The van der Waals surface area contributed by atoms with Crippen LogP contribution >= 0.6 is 11.8 Å². The van der Waals surface area contributed by atoms with Crippen molar-refractivity contribution in [2.24, 2.45) is 0 Å². The van der Waals surface area contributed by atoms with Crippen molar-refractivity contribution in [1.82, 2.24) is 10.6 Å². The molecule has 0 radical (unpaired) electrons. The van der Waals surface area contributed by atoms with Crippen LogP contribution in [0.4, 0.5) is 4.79 Å². The molecule has 98 valence electrons. The number of hydrogen-bond acceptors (Lipinski definition) is 4. The third-order valence-electron chi connectivity index (χ3n) is 1.86. The van der Waals surface area contributed by atoms with Crippen molar-refractivity contribution in [2.45, 2.75) is 25.7 Å². The molecule has 0 aliphatic heterocycles. The van der Waals surface area contributed by atoms with Crippen LogP contribution in [-0.2, 0) is 9.59 Å². The van der Waals surface area contributed by atoms with Crippen LogP contribution in [0.15, 0.2) is 0 Å². The maximum atomic E-state index is 11.2. The molecular formula is C10H18N2O4S. The Morgan fingerprint density at radius 3 is 2.47 bits per heavy atom. The van der Waals surface area contributed by atoms with Crippen molar-refractivity contribution in [1.29, 1.82) is 0 Å². The molecule has 0 saturated carbocycles. The molecule has 17 heavy (non-hydrogen) atoms. The lowest BCUT2D eigenvalue weighted by Gasteiger charge is -2.05. The third kappa shape index (κ3) is 11.0. The second-order valence-electron chi connectivity index (χ2n) is 3.40. The highest BCUT2D eigenvalue weighted by atomic mass is 32.2. The number of thioether (sulfide) groups is 1. The summed E-state index contributed by atoms with van der Waals surface area (Å²) in [5, 5.41) is 13.1. The second-order valence-corrected chi connectivity index (χ2v) is 4.38. The van der Waals surface area contributed by atoms with Gasteiger partial charge in [0.25, 0.3) is 0 Å². The van der Waals surface area contributed by atoms with E-state index >= 15 is 0 Å². The SMILES string of the molecule is CSCCCNC(=O)NC(=O)CCCC(=O)O. The van der Waals surface area contributed by atoms with E-state index in [2.05, 4.69) is 10.6 Å². The van der Waals surface area contributed by atoms with Crippen molar-refractivity contribution < 1.29 is 19.5 Å². The summed E-state index contributed by atoms with van der Waals surface area (Å²) in [6, 6.07) is -0.522. The topological polar surface area (TPSA) is 95.5 Å². The minimum Gasteiger partial charge on any atom is -0.481 e. The zero-order chi connectivity index (χ0) is 13.1. The summed E-state index contributed by atoms with van der Waals surface area (Å²) in [7, 11) is 0. The Labute approximate surface area is 105 Å². The lowest BCUT2D eigenvalue weighted by molar-refractivity contribution is -0.137. The van der Waals surface area contributed by atoms with Crippen LogP contribution in [0.2, 0.25) is 0 Å². The second kappa shape index (κ2) is 9.95. The number of carbonyl (C=O) groups excluding carboxylic acids is 2. The van der Waals surface area contributed by atoms with Gasteiger partial charge in [0.2, 0.25) is 5.91 Å². The van der Waals surface area contributed by atoms with Crippen molar-refractivity contribution in [3.63, 3.8) is 0 Å². The van der Waals surface area contributed by atoms with E-state index in [9.17, 15) is 14.4 Å². The van der Waals surface area contributed by atoms with Crippen LogP contribution in [0.3, 0.4) is 0 Å². The number of rotatable bonds is 8. The lowest BCUT2D eigenvalue weighted by Crippen LogP contribution is -2.39. The van der Waals surface area contributed by atoms with Gasteiger partial charge in [-0.1, -0.05) is 0 Å². The molecular weight excluding hydrogens is 244 g/mol. The summed E-state index contributed by atoms with van der Waals surface area (Å²) in [4.78, 5) is 32.5. The van der Waals surface area contributed by atoms with Gasteiger partial charge in [-0.25, -0.2) is 4.79 Å². The zero-order valence-electron chi connectivity index (χ0n) is 9.82. The van der Waals surface area contributed by atoms with Crippen LogP contribution in [0.25, 0.3) is 0 Å². The number of carboxylic acid groups (broad SMARTS) is 1. The van der Waals surface area contributed by atoms with Gasteiger partial charge in [0.1, 0.15) is 0 Å². The van der Waals surface area contributed by atoms with Gasteiger partial charge >= 0.3 is 12.0 Å². The molecule has 0 heterocycles. The highest BCUT2D eigenvalue weighted by molar-refractivity contribution is 7.98. The minimum atomic E-state index is -0.945. The van der Waals surface area contributed by atoms with Gasteiger partial charge in [-0.15, -0.1) is 0 Å². The Morgan fingerprint density at radius 2 is 1.88 bits per heavy atom. The van der Waals surface area contributed by atoms with E-state index in [-0.39, 0.29) is 19.3 Å². The van der Waals surface area contributed by atoms with E-state index in [0.717, 1.165) is 12.2 Å². The first-order valence-corrected chi connectivity index (χ1v) is 6.74. The Hall–Kier alpha value is -1.24. The van der Waals surface area contributed by atoms with Crippen molar-refractivity contribution in [2.75, 3.05) is 18.6 Å². The van der Waals surface area contributed by atoms with E-state index < -0.39 is 17.9 Å². The molecule has 0 rings (SSSR count). The monoisotopic (exact) mass is 262 g/mol. The molecule has 0 atom stereocenters. The zero-order valence-corrected chi connectivity index (χ0v) is 10.6. The maximum Gasteiger partial charge on any atom is 0.321 e. The van der Waals surface area contributed by atoms with Gasteiger partial charge in [0, 0.05) is 19.4 Å². The molecule has 6 nitrogen and oxygen atoms in total. The fraction of sp³-hybridized carbons (Fsp3) is 0.700. The van der Waals surface area contributed by atoms with E-state index in [4.69, 9.17) is 5.11 Å². The molecule has 0 saturated heterocycles. The molecule has 0 bridgehead atoms. The molecule has 0 fully saturated rings. The van der Waals surface area contributed by atoms with Crippen molar-refractivity contribution in [3.05, 3.63) is 0 Å². The van der Waals surface area contributed by atoms with Crippen LogP contribution < -0.4 is 10.6 Å². The molecule has 0 unspecified atom stereocenters. The number of nitrogens with one attached hydrogen (secondary N) is 2. The predicted octanol–water partition coefficient (Wildman–Crippen LogP) is 0.820. The Morgan fingerprint density at radius 1 is 1.18 bits per heavy atom. The van der Waals surface area contributed by atoms with Crippen LogP contribution in [0.1, 0.15) is 25.7 Å². The lowest BCUT2D eigenvalue weighted by atomic mass is 10.2. The highest BCUT2D eigenvalue weighted by Crippen LogP contribution is 1.95. The summed E-state index contributed by atoms with van der Waals surface area (Å²) in [6.07, 6.45) is 3.04. The number of imide groups is 1. The Kier molecular flexibility index (Phi) is 9.22. The molecule has 0 aliphatic carbocycles. The Balaban J connectivity index is 3.52. The van der Waals surface area contributed by atoms with E-state index in [1.165, 1.54) is 0 Å². The number of urea groups is 1. The number of carboxylic acids is 1. The number of carbonyl (C=O) groups is 3. The van der Waals surface area contributed by atoms with E-state index in [0.29, 0.717) is 6.54 Å². The van der Waals surface area contributed by atoms with Crippen LogP contribution in [0.5, 0.6) is 0 Å². The van der Waals surface area contributed by atoms with Crippen LogP contribution in [-0.4, -0.2) is 41.6 Å².